The Labute approximate surface area is 150 Å². The summed E-state index contributed by atoms with van der Waals surface area (Å²) in [6, 6.07) is 7.72. The number of non-ortho nitro benzene ring substituents is 1. The molecule has 6 nitrogen and oxygen atoms in total. The molecule has 0 aliphatic carbocycles. The summed E-state index contributed by atoms with van der Waals surface area (Å²) < 4.78 is 5.85. The molecule has 0 N–H and O–H groups in total. The molecule has 0 saturated heterocycles. The number of benzene rings is 1. The number of hydrogen-bond acceptors (Lipinski definition) is 7. The largest absolute Gasteiger partial charge is 0.453 e. The number of carbonyl (C=O) groups excluding carboxylic acids is 2. The summed E-state index contributed by atoms with van der Waals surface area (Å²) in [5.74, 6) is -0.853. The molecule has 0 aliphatic rings. The van der Waals surface area contributed by atoms with Crippen LogP contribution in [0.1, 0.15) is 29.8 Å². The first-order valence-corrected chi connectivity index (χ1v) is 8.94. The molecule has 0 unspecified atom stereocenters. The van der Waals surface area contributed by atoms with Crippen LogP contribution in [0.3, 0.4) is 0 Å². The Morgan fingerprint density at radius 2 is 1.92 bits per heavy atom. The highest BCUT2D eigenvalue weighted by Crippen LogP contribution is 2.29. The molecule has 0 fully saturated rings. The summed E-state index contributed by atoms with van der Waals surface area (Å²) >= 11 is 2.69. The number of ether oxygens (including phenoxy) is 1. The summed E-state index contributed by atoms with van der Waals surface area (Å²) in [6.07, 6.45) is 0. The number of esters is 1. The number of nitro benzene ring substituents is 1. The first-order valence-electron chi connectivity index (χ1n) is 7.30. The van der Waals surface area contributed by atoms with Crippen LogP contribution >= 0.6 is 22.7 Å². The Hall–Kier alpha value is -2.58. The van der Waals surface area contributed by atoms with Gasteiger partial charge in [0.2, 0.25) is 5.78 Å². The minimum absolute atomic E-state index is 0.0382. The van der Waals surface area contributed by atoms with Gasteiger partial charge in [-0.3, -0.25) is 14.9 Å². The number of rotatable bonds is 5. The SMILES string of the molecule is Cc1cc(C(=O)COC(=O)c2cc3cc([N+](=O)[O-])ccc3s2)c(C)s1. The van der Waals surface area contributed by atoms with Crippen LogP contribution in [-0.4, -0.2) is 23.3 Å². The van der Waals surface area contributed by atoms with Gasteiger partial charge in [-0.15, -0.1) is 22.7 Å². The number of Topliss-reactive ketones (excluding diaryl/α,β-unsaturated/α-hetero) is 1. The maximum Gasteiger partial charge on any atom is 0.348 e. The number of carbonyl (C=O) groups is 2. The van der Waals surface area contributed by atoms with Crippen molar-refractivity contribution in [2.75, 3.05) is 6.61 Å². The normalized spacial score (nSPS) is 10.8. The highest BCUT2D eigenvalue weighted by atomic mass is 32.1. The second kappa shape index (κ2) is 6.73. The van der Waals surface area contributed by atoms with Gasteiger partial charge in [-0.1, -0.05) is 0 Å². The number of fused-ring (bicyclic) bond motifs is 1. The van der Waals surface area contributed by atoms with E-state index >= 15 is 0 Å². The molecule has 128 valence electrons. The van der Waals surface area contributed by atoms with Crippen LogP contribution < -0.4 is 0 Å². The maximum absolute atomic E-state index is 12.2. The molecular weight excluding hydrogens is 362 g/mol. The van der Waals surface area contributed by atoms with Crippen molar-refractivity contribution in [3.8, 4) is 0 Å². The molecule has 8 heteroatoms. The predicted molar refractivity (Wildman–Crippen MR) is 96.9 cm³/mol. The number of aryl methyl sites for hydroxylation is 2. The Morgan fingerprint density at radius 1 is 1.16 bits per heavy atom. The first kappa shape index (κ1) is 17.2. The monoisotopic (exact) mass is 375 g/mol. The van der Waals surface area contributed by atoms with Crippen LogP contribution in [0, 0.1) is 24.0 Å². The molecule has 25 heavy (non-hydrogen) atoms. The average Bonchev–Trinajstić information content (AvgIpc) is 3.14. The van der Waals surface area contributed by atoms with Crippen molar-refractivity contribution in [2.45, 2.75) is 13.8 Å². The van der Waals surface area contributed by atoms with E-state index in [0.29, 0.717) is 15.8 Å². The average molecular weight is 375 g/mol. The quantitative estimate of drug-likeness (QED) is 0.283. The van der Waals surface area contributed by atoms with Gasteiger partial charge < -0.3 is 4.74 Å². The van der Waals surface area contributed by atoms with Crippen molar-refractivity contribution in [2.24, 2.45) is 0 Å². The van der Waals surface area contributed by atoms with Crippen molar-refractivity contribution in [1.29, 1.82) is 0 Å². The van der Waals surface area contributed by atoms with Gasteiger partial charge in [0, 0.05) is 37.5 Å². The van der Waals surface area contributed by atoms with E-state index in [4.69, 9.17) is 4.74 Å². The molecule has 0 spiro atoms. The van der Waals surface area contributed by atoms with Gasteiger partial charge in [-0.05, 0) is 32.0 Å². The number of nitrogens with zero attached hydrogens (tertiary/aromatic N) is 1. The summed E-state index contributed by atoms with van der Waals surface area (Å²) in [5.41, 5.74) is 0.533. The van der Waals surface area contributed by atoms with Crippen molar-refractivity contribution in [3.05, 3.63) is 60.6 Å². The highest BCUT2D eigenvalue weighted by molar-refractivity contribution is 7.20. The molecule has 2 aromatic heterocycles. The summed E-state index contributed by atoms with van der Waals surface area (Å²) in [5, 5.41) is 11.4. The van der Waals surface area contributed by atoms with Crippen molar-refractivity contribution >= 4 is 50.2 Å². The van der Waals surface area contributed by atoms with Gasteiger partial charge in [-0.2, -0.15) is 0 Å². The van der Waals surface area contributed by atoms with E-state index in [2.05, 4.69) is 0 Å². The van der Waals surface area contributed by atoms with Crippen LogP contribution in [0.15, 0.2) is 30.3 Å². The fourth-order valence-corrected chi connectivity index (χ4v) is 4.31. The van der Waals surface area contributed by atoms with Crippen molar-refractivity contribution in [1.82, 2.24) is 0 Å². The number of nitro groups is 1. The third-order valence-electron chi connectivity index (χ3n) is 3.59. The maximum atomic E-state index is 12.2. The van der Waals surface area contributed by atoms with Gasteiger partial charge in [0.05, 0.1) is 4.92 Å². The third kappa shape index (κ3) is 3.59. The predicted octanol–water partition coefficient (Wildman–Crippen LogP) is 4.53. The Kier molecular flexibility index (Phi) is 4.65. The Morgan fingerprint density at radius 3 is 2.56 bits per heavy atom. The molecule has 0 bridgehead atoms. The third-order valence-corrected chi connectivity index (χ3v) is 5.65. The zero-order chi connectivity index (χ0) is 18.1. The van der Waals surface area contributed by atoms with Crippen molar-refractivity contribution in [3.63, 3.8) is 0 Å². The van der Waals surface area contributed by atoms with Gasteiger partial charge >= 0.3 is 5.97 Å². The second-order valence-corrected chi connectivity index (χ2v) is 7.96. The van der Waals surface area contributed by atoms with Crippen LogP contribution in [0.5, 0.6) is 0 Å². The molecule has 0 saturated carbocycles. The van der Waals surface area contributed by atoms with Crippen molar-refractivity contribution < 1.29 is 19.2 Å². The summed E-state index contributed by atoms with van der Waals surface area (Å²) in [4.78, 5) is 36.9. The highest BCUT2D eigenvalue weighted by Gasteiger charge is 2.18. The molecule has 0 radical (unpaired) electrons. The lowest BCUT2D eigenvalue weighted by Gasteiger charge is -2.02. The van der Waals surface area contributed by atoms with E-state index in [1.165, 1.54) is 34.8 Å². The van der Waals surface area contributed by atoms with Gasteiger partial charge in [-0.25, -0.2) is 4.79 Å². The molecule has 0 aliphatic heterocycles. The fourth-order valence-electron chi connectivity index (χ4n) is 2.43. The van der Waals surface area contributed by atoms with E-state index in [0.717, 1.165) is 14.5 Å². The fraction of sp³-hybridized carbons (Fsp3) is 0.176. The number of ketones is 1. The summed E-state index contributed by atoms with van der Waals surface area (Å²) in [7, 11) is 0. The second-order valence-electron chi connectivity index (χ2n) is 5.42. The van der Waals surface area contributed by atoms with E-state index in [-0.39, 0.29) is 18.1 Å². The molecule has 0 amide bonds. The number of thiophene rings is 2. The van der Waals surface area contributed by atoms with Gasteiger partial charge in [0.15, 0.2) is 6.61 Å². The van der Waals surface area contributed by atoms with Crippen LogP contribution in [0.4, 0.5) is 5.69 Å². The van der Waals surface area contributed by atoms with E-state index in [1.54, 1.807) is 18.2 Å². The first-order chi connectivity index (χ1) is 11.8. The molecule has 1 aromatic carbocycles. The zero-order valence-electron chi connectivity index (χ0n) is 13.4. The minimum Gasteiger partial charge on any atom is -0.453 e. The van der Waals surface area contributed by atoms with Crippen LogP contribution in [-0.2, 0) is 4.74 Å². The van der Waals surface area contributed by atoms with E-state index in [1.807, 2.05) is 13.8 Å². The Bertz CT molecular complexity index is 1000. The minimum atomic E-state index is -0.609. The van der Waals surface area contributed by atoms with E-state index < -0.39 is 10.9 Å². The molecular formula is C17H13NO5S2. The Balaban J connectivity index is 1.73. The van der Waals surface area contributed by atoms with Gasteiger partial charge in [0.1, 0.15) is 4.88 Å². The van der Waals surface area contributed by atoms with Crippen LogP contribution in [0.25, 0.3) is 10.1 Å². The smallest absolute Gasteiger partial charge is 0.348 e. The topological polar surface area (TPSA) is 86.5 Å². The standard InChI is InChI=1S/C17H13NO5S2/c1-9-5-13(10(2)24-9)14(19)8-23-17(20)16-7-11-6-12(18(21)22)3-4-15(11)25-16/h3-7H,8H2,1-2H3. The number of hydrogen-bond donors (Lipinski definition) is 0. The molecule has 3 rings (SSSR count). The zero-order valence-corrected chi connectivity index (χ0v) is 15.0. The summed E-state index contributed by atoms with van der Waals surface area (Å²) in [6.45, 7) is 3.44. The lowest BCUT2D eigenvalue weighted by atomic mass is 10.2. The van der Waals surface area contributed by atoms with E-state index in [9.17, 15) is 19.7 Å². The molecule has 2 heterocycles. The lowest BCUT2D eigenvalue weighted by Crippen LogP contribution is -2.13. The molecule has 0 atom stereocenters. The lowest BCUT2D eigenvalue weighted by molar-refractivity contribution is -0.384. The molecule has 3 aromatic rings. The van der Waals surface area contributed by atoms with Crippen LogP contribution in [0.2, 0.25) is 0 Å². The van der Waals surface area contributed by atoms with Gasteiger partial charge in [0.25, 0.3) is 5.69 Å².